The lowest BCUT2D eigenvalue weighted by atomic mass is 10.0. The molecule has 2 radical (unpaired) electrons. The fraction of sp³-hybridized carbons (Fsp3) is 0. The predicted molar refractivity (Wildman–Crippen MR) is 59.0 cm³/mol. The molecular formula is C14H5F3. The molecule has 0 aliphatic rings. The van der Waals surface area contributed by atoms with E-state index >= 15 is 0 Å². The highest BCUT2D eigenvalue weighted by Gasteiger charge is 2.14. The molecule has 17 heavy (non-hydrogen) atoms. The fourth-order valence-electron chi connectivity index (χ4n) is 1.96. The third-order valence-corrected chi connectivity index (χ3v) is 2.73. The van der Waals surface area contributed by atoms with Gasteiger partial charge in [0.05, 0.1) is 6.07 Å². The van der Waals surface area contributed by atoms with E-state index in [1.54, 1.807) is 30.3 Å². The Labute approximate surface area is 95.3 Å². The number of hydrogen-bond acceptors (Lipinski definition) is 0. The van der Waals surface area contributed by atoms with Gasteiger partial charge in [-0.15, -0.1) is 0 Å². The average Bonchev–Trinajstić information content (AvgIpc) is 2.35. The van der Waals surface area contributed by atoms with Gasteiger partial charge in [-0.3, -0.25) is 0 Å². The third kappa shape index (κ3) is 1.39. The minimum atomic E-state index is -1.29. The van der Waals surface area contributed by atoms with Gasteiger partial charge >= 0.3 is 0 Å². The molecule has 3 heteroatoms. The van der Waals surface area contributed by atoms with Crippen LogP contribution in [0.1, 0.15) is 0 Å². The molecule has 0 aliphatic heterocycles. The van der Waals surface area contributed by atoms with Crippen molar-refractivity contribution in [2.45, 2.75) is 0 Å². The monoisotopic (exact) mass is 230 g/mol. The van der Waals surface area contributed by atoms with Gasteiger partial charge in [-0.05, 0) is 22.9 Å². The SMILES string of the molecule is Fc1[c]c(F)c2c(ccc3c[c]ccc32)c1F. The van der Waals surface area contributed by atoms with Crippen molar-refractivity contribution in [2.24, 2.45) is 0 Å². The molecule has 0 unspecified atom stereocenters. The molecule has 0 amide bonds. The highest BCUT2D eigenvalue weighted by Crippen LogP contribution is 2.30. The van der Waals surface area contributed by atoms with Crippen molar-refractivity contribution >= 4 is 21.5 Å². The molecule has 0 saturated heterocycles. The van der Waals surface area contributed by atoms with Gasteiger partial charge < -0.3 is 0 Å². The van der Waals surface area contributed by atoms with Crippen LogP contribution in [0.5, 0.6) is 0 Å². The smallest absolute Gasteiger partial charge is 0.170 e. The van der Waals surface area contributed by atoms with Gasteiger partial charge in [0.15, 0.2) is 11.6 Å². The maximum absolute atomic E-state index is 13.7. The topological polar surface area (TPSA) is 0 Å². The Morgan fingerprint density at radius 1 is 0.882 bits per heavy atom. The summed E-state index contributed by atoms with van der Waals surface area (Å²) in [5, 5.41) is 1.22. The molecule has 0 N–H and O–H groups in total. The van der Waals surface area contributed by atoms with E-state index < -0.39 is 17.5 Å². The summed E-state index contributed by atoms with van der Waals surface area (Å²) in [7, 11) is 0. The van der Waals surface area contributed by atoms with Crippen molar-refractivity contribution in [3.8, 4) is 0 Å². The first kappa shape index (κ1) is 10.1. The molecule has 3 aromatic rings. The Morgan fingerprint density at radius 2 is 1.71 bits per heavy atom. The minimum Gasteiger partial charge on any atom is -0.205 e. The Morgan fingerprint density at radius 3 is 2.53 bits per heavy atom. The number of halogens is 3. The second kappa shape index (κ2) is 3.48. The van der Waals surface area contributed by atoms with Crippen LogP contribution in [0, 0.1) is 29.6 Å². The van der Waals surface area contributed by atoms with Crippen LogP contribution in [0.4, 0.5) is 13.2 Å². The second-order valence-corrected chi connectivity index (χ2v) is 3.70. The van der Waals surface area contributed by atoms with Crippen molar-refractivity contribution < 1.29 is 13.2 Å². The zero-order valence-corrected chi connectivity index (χ0v) is 8.52. The zero-order valence-electron chi connectivity index (χ0n) is 8.52. The summed E-state index contributed by atoms with van der Waals surface area (Å²) in [6.45, 7) is 0. The second-order valence-electron chi connectivity index (χ2n) is 3.70. The van der Waals surface area contributed by atoms with Crippen LogP contribution in [0.15, 0.2) is 30.3 Å². The van der Waals surface area contributed by atoms with Crippen molar-refractivity contribution in [2.75, 3.05) is 0 Å². The quantitative estimate of drug-likeness (QED) is 0.404. The average molecular weight is 230 g/mol. The lowest BCUT2D eigenvalue weighted by Crippen LogP contribution is -1.92. The Bertz CT molecular complexity index is 732. The lowest BCUT2D eigenvalue weighted by molar-refractivity contribution is 0.503. The number of hydrogen-bond donors (Lipinski definition) is 0. The summed E-state index contributed by atoms with van der Waals surface area (Å²) >= 11 is 0. The molecule has 0 spiro atoms. The normalized spacial score (nSPS) is 11.2. The molecule has 0 aromatic heterocycles. The van der Waals surface area contributed by atoms with Crippen LogP contribution < -0.4 is 0 Å². The Balaban J connectivity index is 2.63. The van der Waals surface area contributed by atoms with Crippen LogP contribution in [0.3, 0.4) is 0 Å². The van der Waals surface area contributed by atoms with Crippen LogP contribution in [-0.2, 0) is 0 Å². The maximum atomic E-state index is 13.7. The minimum absolute atomic E-state index is 0.0513. The summed E-state index contributed by atoms with van der Waals surface area (Å²) in [4.78, 5) is 0. The predicted octanol–water partition coefficient (Wildman–Crippen LogP) is 4.01. The van der Waals surface area contributed by atoms with E-state index in [1.165, 1.54) is 6.07 Å². The molecule has 0 bridgehead atoms. The molecule has 3 aromatic carbocycles. The van der Waals surface area contributed by atoms with Gasteiger partial charge in [-0.1, -0.05) is 24.3 Å². The Hall–Kier alpha value is -2.03. The first-order valence-corrected chi connectivity index (χ1v) is 4.97. The maximum Gasteiger partial charge on any atom is 0.170 e. The van der Waals surface area contributed by atoms with Gasteiger partial charge in [-0.2, -0.15) is 0 Å². The molecule has 0 fully saturated rings. The van der Waals surface area contributed by atoms with E-state index in [0.717, 1.165) is 5.39 Å². The fourth-order valence-corrected chi connectivity index (χ4v) is 1.96. The molecular weight excluding hydrogens is 225 g/mol. The first-order valence-electron chi connectivity index (χ1n) is 4.97. The Kier molecular flexibility index (Phi) is 2.08. The van der Waals surface area contributed by atoms with Gasteiger partial charge in [0.2, 0.25) is 0 Å². The summed E-state index contributed by atoms with van der Waals surface area (Å²) in [5.74, 6) is -3.25. The molecule has 0 saturated carbocycles. The highest BCUT2D eigenvalue weighted by molar-refractivity contribution is 6.07. The lowest BCUT2D eigenvalue weighted by Gasteiger charge is -2.06. The summed E-state index contributed by atoms with van der Waals surface area (Å²) in [6, 6.07) is 12.4. The van der Waals surface area contributed by atoms with E-state index in [1.807, 2.05) is 0 Å². The zero-order chi connectivity index (χ0) is 12.0. The van der Waals surface area contributed by atoms with Gasteiger partial charge in [-0.25, -0.2) is 13.2 Å². The number of fused-ring (bicyclic) bond motifs is 3. The third-order valence-electron chi connectivity index (χ3n) is 2.73. The van der Waals surface area contributed by atoms with Crippen molar-refractivity contribution in [1.29, 1.82) is 0 Å². The van der Waals surface area contributed by atoms with Crippen molar-refractivity contribution in [3.05, 3.63) is 59.9 Å². The standard InChI is InChI=1S/C14H5F3/c15-11-7-12(16)14(17)10-6-5-8-3-1-2-4-9(8)13(10)11/h2-6H. The van der Waals surface area contributed by atoms with Gasteiger partial charge in [0.1, 0.15) is 5.82 Å². The van der Waals surface area contributed by atoms with E-state index in [2.05, 4.69) is 6.07 Å². The van der Waals surface area contributed by atoms with Crippen molar-refractivity contribution in [3.63, 3.8) is 0 Å². The molecule has 3 rings (SSSR count). The molecule has 0 atom stereocenters. The highest BCUT2D eigenvalue weighted by atomic mass is 19.2. The van der Waals surface area contributed by atoms with E-state index in [9.17, 15) is 13.2 Å². The van der Waals surface area contributed by atoms with E-state index in [4.69, 9.17) is 0 Å². The van der Waals surface area contributed by atoms with Gasteiger partial charge in [0.25, 0.3) is 0 Å². The summed E-state index contributed by atoms with van der Waals surface area (Å²) < 4.78 is 40.2. The van der Waals surface area contributed by atoms with E-state index in [0.29, 0.717) is 5.39 Å². The first-order chi connectivity index (χ1) is 8.18. The molecule has 0 aliphatic carbocycles. The van der Waals surface area contributed by atoms with Crippen LogP contribution in [0.2, 0.25) is 0 Å². The van der Waals surface area contributed by atoms with Crippen LogP contribution >= 0.6 is 0 Å². The van der Waals surface area contributed by atoms with Crippen LogP contribution in [-0.4, -0.2) is 0 Å². The molecule has 0 heterocycles. The van der Waals surface area contributed by atoms with Crippen LogP contribution in [0.25, 0.3) is 21.5 Å². The summed E-state index contributed by atoms with van der Waals surface area (Å²) in [5.41, 5.74) is 0. The van der Waals surface area contributed by atoms with Crippen molar-refractivity contribution in [1.82, 2.24) is 0 Å². The number of benzene rings is 3. The largest absolute Gasteiger partial charge is 0.205 e. The number of rotatable bonds is 0. The molecule has 82 valence electrons. The van der Waals surface area contributed by atoms with E-state index in [-0.39, 0.29) is 10.8 Å². The van der Waals surface area contributed by atoms with Gasteiger partial charge in [0, 0.05) is 10.8 Å². The summed E-state index contributed by atoms with van der Waals surface area (Å²) in [6.07, 6.45) is 0. The molecule has 0 nitrogen and oxygen atoms in total.